The van der Waals surface area contributed by atoms with E-state index in [1.165, 1.54) is 36.6 Å². The number of rotatable bonds is 5. The fourth-order valence-electron chi connectivity index (χ4n) is 2.60. The number of ether oxygens (including phenoxy) is 1. The molecule has 0 saturated heterocycles. The molecular formula is C19H14FN5O2S. The Bertz CT molecular complexity index is 1130. The quantitative estimate of drug-likeness (QED) is 0.556. The van der Waals surface area contributed by atoms with Gasteiger partial charge in [-0.25, -0.2) is 19.3 Å². The van der Waals surface area contributed by atoms with Gasteiger partial charge in [-0.15, -0.1) is 11.3 Å². The van der Waals surface area contributed by atoms with Crippen LogP contribution in [0.3, 0.4) is 0 Å². The second-order valence-electron chi connectivity index (χ2n) is 5.71. The van der Waals surface area contributed by atoms with Crippen molar-refractivity contribution in [2.45, 2.75) is 0 Å². The number of thiazole rings is 1. The first-order valence-electron chi connectivity index (χ1n) is 8.19. The van der Waals surface area contributed by atoms with Gasteiger partial charge in [-0.05, 0) is 30.3 Å². The van der Waals surface area contributed by atoms with E-state index in [0.29, 0.717) is 33.5 Å². The topological polar surface area (TPSA) is 81.9 Å². The Morgan fingerprint density at radius 2 is 2.14 bits per heavy atom. The number of nitrogens with zero attached hydrogens (tertiary/aromatic N) is 4. The normalized spacial score (nSPS) is 10.6. The maximum Gasteiger partial charge on any atom is 0.257 e. The van der Waals surface area contributed by atoms with Crippen LogP contribution in [0, 0.1) is 5.82 Å². The number of hydrogen-bond donors (Lipinski definition) is 1. The van der Waals surface area contributed by atoms with Crippen LogP contribution in [0.5, 0.6) is 5.75 Å². The lowest BCUT2D eigenvalue weighted by Gasteiger charge is -2.06. The number of amides is 1. The predicted molar refractivity (Wildman–Crippen MR) is 103 cm³/mol. The van der Waals surface area contributed by atoms with E-state index in [9.17, 15) is 9.18 Å². The molecule has 0 fully saturated rings. The zero-order chi connectivity index (χ0) is 19.5. The van der Waals surface area contributed by atoms with Crippen molar-refractivity contribution in [3.63, 3.8) is 0 Å². The van der Waals surface area contributed by atoms with Gasteiger partial charge in [-0.1, -0.05) is 0 Å². The van der Waals surface area contributed by atoms with E-state index in [0.717, 1.165) is 0 Å². The number of nitrogens with one attached hydrogen (secondary N) is 1. The third-order valence-corrected chi connectivity index (χ3v) is 4.70. The Labute approximate surface area is 163 Å². The Kier molecular flexibility index (Phi) is 4.81. The van der Waals surface area contributed by atoms with Gasteiger partial charge >= 0.3 is 0 Å². The van der Waals surface area contributed by atoms with Crippen LogP contribution in [0.4, 0.5) is 9.52 Å². The van der Waals surface area contributed by atoms with Crippen molar-refractivity contribution in [1.29, 1.82) is 0 Å². The van der Waals surface area contributed by atoms with Crippen LogP contribution in [0.25, 0.3) is 17.1 Å². The molecule has 0 unspecified atom stereocenters. The van der Waals surface area contributed by atoms with Crippen molar-refractivity contribution in [3.8, 4) is 22.8 Å². The summed E-state index contributed by atoms with van der Waals surface area (Å²) in [5.41, 5.74) is 1.47. The smallest absolute Gasteiger partial charge is 0.257 e. The third kappa shape index (κ3) is 3.60. The van der Waals surface area contributed by atoms with Crippen LogP contribution in [0.15, 0.2) is 60.6 Å². The zero-order valence-electron chi connectivity index (χ0n) is 14.7. The molecule has 1 N–H and O–H groups in total. The SMILES string of the molecule is COc1ccc(F)cc1-c1csc(NC(=O)c2ccnc(-n3ccnc3)c2)n1. The maximum absolute atomic E-state index is 13.6. The molecule has 0 radical (unpaired) electrons. The number of benzene rings is 1. The second-order valence-corrected chi connectivity index (χ2v) is 6.57. The highest BCUT2D eigenvalue weighted by atomic mass is 32.1. The van der Waals surface area contributed by atoms with E-state index in [4.69, 9.17) is 4.74 Å². The molecule has 0 spiro atoms. The van der Waals surface area contributed by atoms with Gasteiger partial charge in [0.15, 0.2) is 5.13 Å². The highest BCUT2D eigenvalue weighted by Gasteiger charge is 2.14. The number of carbonyl (C=O) groups excluding carboxylic acids is 1. The highest BCUT2D eigenvalue weighted by Crippen LogP contribution is 2.32. The number of aromatic nitrogens is 4. The molecule has 3 aromatic heterocycles. The molecule has 7 nitrogen and oxygen atoms in total. The first kappa shape index (κ1) is 17.8. The number of imidazole rings is 1. The Morgan fingerprint density at radius 3 is 2.93 bits per heavy atom. The minimum absolute atomic E-state index is 0.323. The van der Waals surface area contributed by atoms with E-state index in [1.54, 1.807) is 47.0 Å². The first-order valence-corrected chi connectivity index (χ1v) is 9.07. The van der Waals surface area contributed by atoms with Crippen LogP contribution in [-0.2, 0) is 0 Å². The molecule has 28 heavy (non-hydrogen) atoms. The second kappa shape index (κ2) is 7.57. The van der Waals surface area contributed by atoms with E-state index in [1.807, 2.05) is 0 Å². The molecule has 1 amide bonds. The van der Waals surface area contributed by atoms with Gasteiger partial charge in [0.1, 0.15) is 23.7 Å². The first-order chi connectivity index (χ1) is 13.6. The van der Waals surface area contributed by atoms with Gasteiger partial charge in [0.05, 0.1) is 12.8 Å². The lowest BCUT2D eigenvalue weighted by molar-refractivity contribution is 0.102. The van der Waals surface area contributed by atoms with E-state index >= 15 is 0 Å². The summed E-state index contributed by atoms with van der Waals surface area (Å²) in [4.78, 5) is 25.1. The van der Waals surface area contributed by atoms with Crippen molar-refractivity contribution in [2.24, 2.45) is 0 Å². The minimum atomic E-state index is -0.391. The molecule has 140 valence electrons. The Hall–Kier alpha value is -3.59. The summed E-state index contributed by atoms with van der Waals surface area (Å²) in [6, 6.07) is 7.47. The van der Waals surface area contributed by atoms with Gasteiger partial charge in [-0.2, -0.15) is 0 Å². The molecule has 0 saturated carbocycles. The summed E-state index contributed by atoms with van der Waals surface area (Å²) in [6.07, 6.45) is 6.52. The standard InChI is InChI=1S/C19H14FN5O2S/c1-27-16-3-2-13(20)9-14(16)15-10-28-19(23-15)24-18(26)12-4-5-22-17(8-12)25-7-6-21-11-25/h2-11H,1H3,(H,23,24,26). The molecule has 9 heteroatoms. The van der Waals surface area contributed by atoms with E-state index in [-0.39, 0.29) is 5.91 Å². The van der Waals surface area contributed by atoms with E-state index < -0.39 is 5.82 Å². The molecule has 0 atom stereocenters. The monoisotopic (exact) mass is 395 g/mol. The number of hydrogen-bond acceptors (Lipinski definition) is 6. The van der Waals surface area contributed by atoms with Crippen molar-refractivity contribution in [3.05, 3.63) is 72.0 Å². The van der Waals surface area contributed by atoms with E-state index in [2.05, 4.69) is 20.3 Å². The molecule has 0 aliphatic rings. The molecule has 0 aliphatic carbocycles. The summed E-state index contributed by atoms with van der Waals surface area (Å²) in [5.74, 6) is 0.368. The molecule has 1 aromatic carbocycles. The van der Waals surface area contributed by atoms with Gasteiger partial charge < -0.3 is 4.74 Å². The highest BCUT2D eigenvalue weighted by molar-refractivity contribution is 7.14. The molecule has 3 heterocycles. The van der Waals surface area contributed by atoms with Crippen molar-refractivity contribution in [2.75, 3.05) is 12.4 Å². The average molecular weight is 395 g/mol. The third-order valence-electron chi connectivity index (χ3n) is 3.94. The molecule has 0 aliphatic heterocycles. The van der Waals surface area contributed by atoms with Crippen molar-refractivity contribution < 1.29 is 13.9 Å². The molecule has 4 aromatic rings. The van der Waals surface area contributed by atoms with Crippen molar-refractivity contribution in [1.82, 2.24) is 19.5 Å². The lowest BCUT2D eigenvalue weighted by atomic mass is 10.1. The molecule has 0 bridgehead atoms. The summed E-state index contributed by atoms with van der Waals surface area (Å²) < 4.78 is 20.6. The predicted octanol–water partition coefficient (Wildman–Crippen LogP) is 3.79. The lowest BCUT2D eigenvalue weighted by Crippen LogP contribution is -2.12. The number of halogens is 1. The zero-order valence-corrected chi connectivity index (χ0v) is 15.5. The minimum Gasteiger partial charge on any atom is -0.496 e. The van der Waals surface area contributed by atoms with Crippen LogP contribution < -0.4 is 10.1 Å². The summed E-state index contributed by atoms with van der Waals surface area (Å²) in [5, 5.41) is 4.88. The van der Waals surface area contributed by atoms with Crippen LogP contribution in [-0.4, -0.2) is 32.5 Å². The average Bonchev–Trinajstić information content (AvgIpc) is 3.40. The van der Waals surface area contributed by atoms with Crippen LogP contribution in [0.1, 0.15) is 10.4 Å². The van der Waals surface area contributed by atoms with Gasteiger partial charge in [-0.3, -0.25) is 14.7 Å². The van der Waals surface area contributed by atoms with Gasteiger partial charge in [0.2, 0.25) is 0 Å². The molecular weight excluding hydrogens is 381 g/mol. The number of pyridine rings is 1. The largest absolute Gasteiger partial charge is 0.496 e. The summed E-state index contributed by atoms with van der Waals surface area (Å²) >= 11 is 1.24. The summed E-state index contributed by atoms with van der Waals surface area (Å²) in [7, 11) is 1.51. The number of carbonyl (C=O) groups is 1. The van der Waals surface area contributed by atoms with Crippen LogP contribution >= 0.6 is 11.3 Å². The van der Waals surface area contributed by atoms with Crippen LogP contribution in [0.2, 0.25) is 0 Å². The fraction of sp³-hybridized carbons (Fsp3) is 0.0526. The van der Waals surface area contributed by atoms with Gasteiger partial charge in [0, 0.05) is 35.1 Å². The Morgan fingerprint density at radius 1 is 1.25 bits per heavy atom. The number of anilines is 1. The fourth-order valence-corrected chi connectivity index (χ4v) is 3.31. The Balaban J connectivity index is 1.56. The van der Waals surface area contributed by atoms with Gasteiger partial charge in [0.25, 0.3) is 5.91 Å². The molecule has 4 rings (SSSR count). The summed E-state index contributed by atoms with van der Waals surface area (Å²) in [6.45, 7) is 0. The maximum atomic E-state index is 13.6. The van der Waals surface area contributed by atoms with Crippen molar-refractivity contribution >= 4 is 22.4 Å². The number of methoxy groups -OCH3 is 1.